The first-order valence-electron chi connectivity index (χ1n) is 6.13. The molecule has 1 aliphatic carbocycles. The molecule has 96 valence electrons. The van der Waals surface area contributed by atoms with Crippen molar-refractivity contribution in [3.8, 4) is 6.07 Å². The minimum atomic E-state index is -0.949. The first-order chi connectivity index (χ1) is 8.59. The molecule has 2 rings (SSSR count). The summed E-state index contributed by atoms with van der Waals surface area (Å²) in [6.45, 7) is 0. The van der Waals surface area contributed by atoms with Gasteiger partial charge in [0.15, 0.2) is 0 Å². The summed E-state index contributed by atoms with van der Waals surface area (Å²) in [5.41, 5.74) is -0.348. The number of halogens is 2. The van der Waals surface area contributed by atoms with E-state index < -0.39 is 17.3 Å². The molecule has 1 aromatic rings. The molecule has 0 saturated heterocycles. The third-order valence-electron chi connectivity index (χ3n) is 3.75. The van der Waals surface area contributed by atoms with Crippen molar-refractivity contribution in [3.05, 3.63) is 34.6 Å². The zero-order valence-corrected chi connectivity index (χ0v) is 10.8. The summed E-state index contributed by atoms with van der Waals surface area (Å²) in [6.07, 6.45) is 3.32. The largest absolute Gasteiger partial charge is 0.387 e. The van der Waals surface area contributed by atoms with E-state index in [1.54, 1.807) is 6.07 Å². The van der Waals surface area contributed by atoms with Crippen molar-refractivity contribution >= 4 is 11.6 Å². The zero-order chi connectivity index (χ0) is 13.2. The molecule has 1 aliphatic rings. The van der Waals surface area contributed by atoms with E-state index in [2.05, 4.69) is 6.07 Å². The fourth-order valence-corrected chi connectivity index (χ4v) is 2.75. The maximum absolute atomic E-state index is 13.4. The molecule has 1 aromatic carbocycles. The van der Waals surface area contributed by atoms with Gasteiger partial charge in [-0.3, -0.25) is 0 Å². The standard InChI is InChI=1S/C14H15ClFNO/c15-11-5-4-10(8-12(11)16)13(18)14(9-17)6-2-1-3-7-14/h4-5,8,13,18H,1-3,6-7H2. The van der Waals surface area contributed by atoms with Crippen LogP contribution in [-0.4, -0.2) is 5.11 Å². The van der Waals surface area contributed by atoms with E-state index in [1.807, 2.05) is 0 Å². The SMILES string of the molecule is N#CC1(C(O)c2ccc(Cl)c(F)c2)CCCCC1. The van der Waals surface area contributed by atoms with Gasteiger partial charge in [0.1, 0.15) is 5.82 Å². The second kappa shape index (κ2) is 5.26. The van der Waals surface area contributed by atoms with Gasteiger partial charge in [0.05, 0.1) is 22.6 Å². The van der Waals surface area contributed by atoms with E-state index in [1.165, 1.54) is 12.1 Å². The molecule has 18 heavy (non-hydrogen) atoms. The van der Waals surface area contributed by atoms with E-state index in [0.717, 1.165) is 19.3 Å². The summed E-state index contributed by atoms with van der Waals surface area (Å²) >= 11 is 5.62. The van der Waals surface area contributed by atoms with E-state index >= 15 is 0 Å². The number of hydrogen-bond donors (Lipinski definition) is 1. The number of benzene rings is 1. The molecule has 0 radical (unpaired) electrons. The fraction of sp³-hybridized carbons (Fsp3) is 0.500. The molecular weight excluding hydrogens is 253 g/mol. The molecule has 1 unspecified atom stereocenters. The number of aliphatic hydroxyl groups is 1. The third-order valence-corrected chi connectivity index (χ3v) is 4.06. The van der Waals surface area contributed by atoms with Gasteiger partial charge in [-0.1, -0.05) is 36.9 Å². The molecule has 1 saturated carbocycles. The van der Waals surface area contributed by atoms with Gasteiger partial charge < -0.3 is 5.11 Å². The molecule has 2 nitrogen and oxygen atoms in total. The Morgan fingerprint density at radius 2 is 2.00 bits per heavy atom. The lowest BCUT2D eigenvalue weighted by Crippen LogP contribution is -2.30. The van der Waals surface area contributed by atoms with Crippen molar-refractivity contribution in [1.29, 1.82) is 5.26 Å². The Labute approximate surface area is 111 Å². The van der Waals surface area contributed by atoms with Crippen LogP contribution in [0.15, 0.2) is 18.2 Å². The van der Waals surface area contributed by atoms with Gasteiger partial charge in [-0.2, -0.15) is 5.26 Å². The first-order valence-corrected chi connectivity index (χ1v) is 6.51. The van der Waals surface area contributed by atoms with Gasteiger partial charge in [-0.05, 0) is 30.5 Å². The quantitative estimate of drug-likeness (QED) is 0.881. The first kappa shape index (κ1) is 13.3. The van der Waals surface area contributed by atoms with Crippen LogP contribution in [0.4, 0.5) is 4.39 Å². The molecule has 0 heterocycles. The van der Waals surface area contributed by atoms with Crippen LogP contribution in [0, 0.1) is 22.6 Å². The Balaban J connectivity index is 2.31. The average Bonchev–Trinajstić information content (AvgIpc) is 2.42. The maximum atomic E-state index is 13.4. The maximum Gasteiger partial charge on any atom is 0.142 e. The van der Waals surface area contributed by atoms with Crippen molar-refractivity contribution < 1.29 is 9.50 Å². The highest BCUT2D eigenvalue weighted by molar-refractivity contribution is 6.30. The van der Waals surface area contributed by atoms with Gasteiger partial charge in [-0.25, -0.2) is 4.39 Å². The Morgan fingerprint density at radius 1 is 1.33 bits per heavy atom. The second-order valence-electron chi connectivity index (χ2n) is 4.90. The molecule has 0 bridgehead atoms. The summed E-state index contributed by atoms with van der Waals surface area (Å²) in [5, 5.41) is 19.8. The van der Waals surface area contributed by atoms with Gasteiger partial charge in [0, 0.05) is 0 Å². The lowest BCUT2D eigenvalue weighted by atomic mass is 9.69. The molecular formula is C14H15ClFNO. The van der Waals surface area contributed by atoms with E-state index in [9.17, 15) is 14.8 Å². The van der Waals surface area contributed by atoms with Crippen LogP contribution in [-0.2, 0) is 0 Å². The third kappa shape index (κ3) is 2.36. The summed E-state index contributed by atoms with van der Waals surface area (Å²) < 4.78 is 13.4. The van der Waals surface area contributed by atoms with Crippen molar-refractivity contribution in [2.24, 2.45) is 5.41 Å². The Bertz CT molecular complexity index is 477. The fourth-order valence-electron chi connectivity index (χ4n) is 2.63. The molecule has 0 aromatic heterocycles. The lowest BCUT2D eigenvalue weighted by molar-refractivity contribution is 0.0358. The van der Waals surface area contributed by atoms with E-state index in [-0.39, 0.29) is 5.02 Å². The minimum Gasteiger partial charge on any atom is -0.387 e. The van der Waals surface area contributed by atoms with Crippen LogP contribution in [0.5, 0.6) is 0 Å². The van der Waals surface area contributed by atoms with Crippen LogP contribution in [0.2, 0.25) is 5.02 Å². The second-order valence-corrected chi connectivity index (χ2v) is 5.31. The van der Waals surface area contributed by atoms with Crippen molar-refractivity contribution in [1.82, 2.24) is 0 Å². The molecule has 4 heteroatoms. The lowest BCUT2D eigenvalue weighted by Gasteiger charge is -2.35. The van der Waals surface area contributed by atoms with Crippen LogP contribution < -0.4 is 0 Å². The summed E-state index contributed by atoms with van der Waals surface area (Å²) in [6, 6.07) is 6.47. The summed E-state index contributed by atoms with van der Waals surface area (Å²) in [7, 11) is 0. The highest BCUT2D eigenvalue weighted by Crippen LogP contribution is 2.45. The van der Waals surface area contributed by atoms with Crippen LogP contribution in [0.1, 0.15) is 43.8 Å². The topological polar surface area (TPSA) is 44.0 Å². The number of aliphatic hydroxyl groups excluding tert-OH is 1. The molecule has 0 spiro atoms. The van der Waals surface area contributed by atoms with E-state index in [4.69, 9.17) is 11.6 Å². The van der Waals surface area contributed by atoms with Gasteiger partial charge in [0.2, 0.25) is 0 Å². The predicted octanol–water partition coefficient (Wildman–Crippen LogP) is 3.99. The smallest absolute Gasteiger partial charge is 0.142 e. The highest BCUT2D eigenvalue weighted by atomic mass is 35.5. The van der Waals surface area contributed by atoms with Crippen molar-refractivity contribution in [3.63, 3.8) is 0 Å². The number of rotatable bonds is 2. The minimum absolute atomic E-state index is 0.0283. The van der Waals surface area contributed by atoms with Crippen LogP contribution in [0.25, 0.3) is 0 Å². The summed E-state index contributed by atoms with van der Waals surface area (Å²) in [5.74, 6) is -0.558. The normalized spacial score (nSPS) is 20.1. The molecule has 1 atom stereocenters. The van der Waals surface area contributed by atoms with Gasteiger partial charge in [0.25, 0.3) is 0 Å². The Morgan fingerprint density at radius 3 is 2.56 bits per heavy atom. The van der Waals surface area contributed by atoms with Crippen LogP contribution >= 0.6 is 11.6 Å². The van der Waals surface area contributed by atoms with Crippen LogP contribution in [0.3, 0.4) is 0 Å². The number of hydrogen-bond acceptors (Lipinski definition) is 2. The monoisotopic (exact) mass is 267 g/mol. The van der Waals surface area contributed by atoms with Gasteiger partial charge >= 0.3 is 0 Å². The van der Waals surface area contributed by atoms with Crippen molar-refractivity contribution in [2.45, 2.75) is 38.2 Å². The zero-order valence-electron chi connectivity index (χ0n) is 10.00. The Hall–Kier alpha value is -1.11. The highest BCUT2D eigenvalue weighted by Gasteiger charge is 2.40. The molecule has 0 amide bonds. The molecule has 1 fully saturated rings. The van der Waals surface area contributed by atoms with Crippen molar-refractivity contribution in [2.75, 3.05) is 0 Å². The molecule has 1 N–H and O–H groups in total. The Kier molecular flexibility index (Phi) is 3.89. The average molecular weight is 268 g/mol. The van der Waals surface area contributed by atoms with Gasteiger partial charge in [-0.15, -0.1) is 0 Å². The summed E-state index contributed by atoms with van der Waals surface area (Å²) in [4.78, 5) is 0. The number of nitrogens with zero attached hydrogens (tertiary/aromatic N) is 1. The van der Waals surface area contributed by atoms with E-state index in [0.29, 0.717) is 18.4 Å². The predicted molar refractivity (Wildman–Crippen MR) is 67.5 cm³/mol. The number of nitriles is 1. The molecule has 0 aliphatic heterocycles.